The van der Waals surface area contributed by atoms with E-state index in [1.54, 1.807) is 23.9 Å². The second kappa shape index (κ2) is 5.54. The first kappa shape index (κ1) is 10.9. The largest absolute Gasteiger partial charge is 0.455 e. The van der Waals surface area contributed by atoms with Crippen LogP contribution in [-0.4, -0.2) is 18.7 Å². The van der Waals surface area contributed by atoms with Crippen LogP contribution in [0.5, 0.6) is 0 Å². The number of hydrogen-bond acceptors (Lipinski definition) is 3. The molecule has 0 aliphatic rings. The lowest BCUT2D eigenvalue weighted by Gasteiger charge is -1.97. The Morgan fingerprint density at radius 2 is 2.50 bits per heavy atom. The molecular formula is C10H13NO2S. The molecule has 0 fully saturated rings. The number of thioether (sulfide) groups is 1. The summed E-state index contributed by atoms with van der Waals surface area (Å²) >= 11 is 1.66. The fourth-order valence-electron chi connectivity index (χ4n) is 0.972. The molecule has 0 unspecified atom stereocenters. The molecule has 0 aliphatic heterocycles. The summed E-state index contributed by atoms with van der Waals surface area (Å²) in [4.78, 5) is 11.4. The molecule has 1 aromatic rings. The van der Waals surface area contributed by atoms with Crippen molar-refractivity contribution in [2.24, 2.45) is 0 Å². The highest BCUT2D eigenvalue weighted by Crippen LogP contribution is 2.13. The highest BCUT2D eigenvalue weighted by molar-refractivity contribution is 7.97. The smallest absolute Gasteiger partial charge is 0.287 e. The molecule has 0 bridgehead atoms. The standard InChI is InChI=1S/C10H13NO2S/c1-3-6-11-10(12)9-5-4-8(13-9)7-14-2/h3-5H,1,6-7H2,2H3,(H,11,12). The highest BCUT2D eigenvalue weighted by Gasteiger charge is 2.09. The SMILES string of the molecule is C=CCNC(=O)c1ccc(CSC)o1. The Kier molecular flexibility index (Phi) is 4.32. The lowest BCUT2D eigenvalue weighted by Crippen LogP contribution is -2.22. The molecule has 0 atom stereocenters. The van der Waals surface area contributed by atoms with Crippen molar-refractivity contribution in [1.29, 1.82) is 0 Å². The molecule has 1 heterocycles. The molecule has 1 aromatic heterocycles. The van der Waals surface area contributed by atoms with E-state index in [2.05, 4.69) is 11.9 Å². The number of amides is 1. The van der Waals surface area contributed by atoms with Crippen LogP contribution in [0, 0.1) is 0 Å². The predicted molar refractivity (Wildman–Crippen MR) is 58.5 cm³/mol. The minimum Gasteiger partial charge on any atom is -0.455 e. The lowest BCUT2D eigenvalue weighted by atomic mass is 10.4. The molecule has 0 saturated carbocycles. The summed E-state index contributed by atoms with van der Waals surface area (Å²) in [6, 6.07) is 3.50. The summed E-state index contributed by atoms with van der Waals surface area (Å²) in [5.74, 6) is 1.77. The van der Waals surface area contributed by atoms with E-state index >= 15 is 0 Å². The molecule has 3 nitrogen and oxygen atoms in total. The summed E-state index contributed by atoms with van der Waals surface area (Å²) in [5.41, 5.74) is 0. The summed E-state index contributed by atoms with van der Waals surface area (Å²) in [5, 5.41) is 2.65. The topological polar surface area (TPSA) is 42.2 Å². The van der Waals surface area contributed by atoms with Gasteiger partial charge >= 0.3 is 0 Å². The van der Waals surface area contributed by atoms with Crippen molar-refractivity contribution in [3.05, 3.63) is 36.3 Å². The molecule has 0 spiro atoms. The van der Waals surface area contributed by atoms with Crippen molar-refractivity contribution >= 4 is 17.7 Å². The second-order valence-corrected chi connectivity index (χ2v) is 3.56. The molecule has 4 heteroatoms. The van der Waals surface area contributed by atoms with Gasteiger partial charge in [-0.1, -0.05) is 6.08 Å². The highest BCUT2D eigenvalue weighted by atomic mass is 32.2. The van der Waals surface area contributed by atoms with Gasteiger partial charge in [-0.2, -0.15) is 11.8 Å². The van der Waals surface area contributed by atoms with Gasteiger partial charge in [0.15, 0.2) is 5.76 Å². The van der Waals surface area contributed by atoms with Crippen molar-refractivity contribution in [3.63, 3.8) is 0 Å². The van der Waals surface area contributed by atoms with Gasteiger partial charge in [-0.25, -0.2) is 0 Å². The molecule has 0 aromatic carbocycles. The molecule has 76 valence electrons. The van der Waals surface area contributed by atoms with Gasteiger partial charge < -0.3 is 9.73 Å². The zero-order valence-electron chi connectivity index (χ0n) is 8.08. The average molecular weight is 211 g/mol. The Balaban J connectivity index is 2.57. The van der Waals surface area contributed by atoms with Gasteiger partial charge in [0.25, 0.3) is 5.91 Å². The quantitative estimate of drug-likeness (QED) is 0.758. The number of furan rings is 1. The Morgan fingerprint density at radius 1 is 1.71 bits per heavy atom. The average Bonchev–Trinajstić information content (AvgIpc) is 2.63. The van der Waals surface area contributed by atoms with Gasteiger partial charge in [0.05, 0.1) is 5.75 Å². The Hall–Kier alpha value is -1.16. The van der Waals surface area contributed by atoms with Crippen LogP contribution in [0.15, 0.2) is 29.2 Å². The summed E-state index contributed by atoms with van der Waals surface area (Å²) in [6.07, 6.45) is 3.61. The lowest BCUT2D eigenvalue weighted by molar-refractivity contribution is 0.0929. The van der Waals surface area contributed by atoms with Gasteiger partial charge in [-0.3, -0.25) is 4.79 Å². The second-order valence-electron chi connectivity index (χ2n) is 2.70. The third kappa shape index (κ3) is 2.96. The predicted octanol–water partition coefficient (Wildman–Crippen LogP) is 2.06. The normalized spacial score (nSPS) is 9.79. The number of hydrogen-bond donors (Lipinski definition) is 1. The minimum absolute atomic E-state index is 0.197. The van der Waals surface area contributed by atoms with Crippen LogP contribution < -0.4 is 5.32 Å². The van der Waals surface area contributed by atoms with Gasteiger partial charge in [0.2, 0.25) is 0 Å². The fraction of sp³-hybridized carbons (Fsp3) is 0.300. The van der Waals surface area contributed by atoms with E-state index in [1.807, 2.05) is 12.3 Å². The number of nitrogens with one attached hydrogen (secondary N) is 1. The number of carbonyl (C=O) groups is 1. The van der Waals surface area contributed by atoms with E-state index in [9.17, 15) is 4.79 Å². The molecule has 1 rings (SSSR count). The van der Waals surface area contributed by atoms with Crippen LogP contribution in [0.4, 0.5) is 0 Å². The zero-order valence-corrected chi connectivity index (χ0v) is 8.89. The summed E-state index contributed by atoms with van der Waals surface area (Å²) < 4.78 is 5.32. The van der Waals surface area contributed by atoms with Crippen molar-refractivity contribution in [2.75, 3.05) is 12.8 Å². The van der Waals surface area contributed by atoms with Crippen molar-refractivity contribution < 1.29 is 9.21 Å². The minimum atomic E-state index is -0.197. The Labute approximate surface area is 87.6 Å². The van der Waals surface area contributed by atoms with Crippen LogP contribution in [0.2, 0.25) is 0 Å². The number of rotatable bonds is 5. The van der Waals surface area contributed by atoms with Gasteiger partial charge in [0.1, 0.15) is 5.76 Å². The molecule has 0 radical (unpaired) electrons. The van der Waals surface area contributed by atoms with Crippen LogP contribution in [0.3, 0.4) is 0 Å². The maximum absolute atomic E-state index is 11.4. The van der Waals surface area contributed by atoms with Gasteiger partial charge in [-0.05, 0) is 18.4 Å². The van der Waals surface area contributed by atoms with Crippen molar-refractivity contribution in [1.82, 2.24) is 5.32 Å². The van der Waals surface area contributed by atoms with Crippen LogP contribution in [0.1, 0.15) is 16.3 Å². The monoisotopic (exact) mass is 211 g/mol. The fourth-order valence-corrected chi connectivity index (χ4v) is 1.41. The van der Waals surface area contributed by atoms with E-state index in [1.165, 1.54) is 0 Å². The van der Waals surface area contributed by atoms with Crippen molar-refractivity contribution in [3.8, 4) is 0 Å². The van der Waals surface area contributed by atoms with E-state index in [-0.39, 0.29) is 5.91 Å². The van der Waals surface area contributed by atoms with Crippen molar-refractivity contribution in [2.45, 2.75) is 5.75 Å². The van der Waals surface area contributed by atoms with E-state index in [0.717, 1.165) is 11.5 Å². The third-order valence-electron chi connectivity index (χ3n) is 1.58. The Bertz CT molecular complexity index is 320. The maximum Gasteiger partial charge on any atom is 0.287 e. The van der Waals surface area contributed by atoms with Crippen LogP contribution >= 0.6 is 11.8 Å². The summed E-state index contributed by atoms with van der Waals surface area (Å²) in [6.45, 7) is 3.97. The number of carbonyl (C=O) groups excluding carboxylic acids is 1. The first-order valence-corrected chi connectivity index (χ1v) is 5.64. The van der Waals surface area contributed by atoms with E-state index < -0.39 is 0 Å². The molecule has 0 aliphatic carbocycles. The van der Waals surface area contributed by atoms with E-state index in [4.69, 9.17) is 4.42 Å². The molecule has 1 N–H and O–H groups in total. The van der Waals surface area contributed by atoms with E-state index in [0.29, 0.717) is 12.3 Å². The first-order chi connectivity index (χ1) is 6.77. The van der Waals surface area contributed by atoms with Gasteiger partial charge in [-0.15, -0.1) is 6.58 Å². The first-order valence-electron chi connectivity index (χ1n) is 4.24. The molecule has 1 amide bonds. The molecule has 0 saturated heterocycles. The van der Waals surface area contributed by atoms with Crippen LogP contribution in [0.25, 0.3) is 0 Å². The Morgan fingerprint density at radius 3 is 3.14 bits per heavy atom. The molecule has 14 heavy (non-hydrogen) atoms. The summed E-state index contributed by atoms with van der Waals surface area (Å²) in [7, 11) is 0. The maximum atomic E-state index is 11.4. The molecular weight excluding hydrogens is 198 g/mol. The van der Waals surface area contributed by atoms with Crippen LogP contribution in [-0.2, 0) is 5.75 Å². The van der Waals surface area contributed by atoms with Gasteiger partial charge in [0, 0.05) is 6.54 Å². The zero-order chi connectivity index (χ0) is 10.4. The third-order valence-corrected chi connectivity index (χ3v) is 2.15.